The molecular formula is C24H32N2O2. The Morgan fingerprint density at radius 2 is 1.79 bits per heavy atom. The molecule has 1 amide bonds. The number of carbonyl (C=O) groups excluding carboxylic acids is 1. The highest BCUT2D eigenvalue weighted by Crippen LogP contribution is 2.30. The van der Waals surface area contributed by atoms with E-state index in [0.29, 0.717) is 6.54 Å². The summed E-state index contributed by atoms with van der Waals surface area (Å²) in [4.78, 5) is 14.8. The zero-order valence-corrected chi connectivity index (χ0v) is 17.3. The number of rotatable bonds is 8. The van der Waals surface area contributed by atoms with Crippen molar-refractivity contribution in [2.75, 3.05) is 18.0 Å². The van der Waals surface area contributed by atoms with Crippen LogP contribution in [0.4, 0.5) is 5.69 Å². The first-order valence-electron chi connectivity index (χ1n) is 10.5. The molecule has 0 aromatic heterocycles. The molecule has 150 valence electrons. The van der Waals surface area contributed by atoms with E-state index in [1.54, 1.807) is 0 Å². The largest absolute Gasteiger partial charge is 0.481 e. The summed E-state index contributed by atoms with van der Waals surface area (Å²) >= 11 is 0. The predicted octanol–water partition coefficient (Wildman–Crippen LogP) is 4.50. The minimum absolute atomic E-state index is 0.0822. The van der Waals surface area contributed by atoms with Gasteiger partial charge in [0.15, 0.2) is 6.10 Å². The highest BCUT2D eigenvalue weighted by molar-refractivity contribution is 5.80. The van der Waals surface area contributed by atoms with E-state index in [1.807, 2.05) is 19.1 Å². The Morgan fingerprint density at radius 1 is 1.07 bits per heavy atom. The minimum atomic E-state index is -0.511. The number of hydrogen-bond donors (Lipinski definition) is 1. The molecule has 0 aliphatic heterocycles. The Labute approximate surface area is 168 Å². The van der Waals surface area contributed by atoms with E-state index in [4.69, 9.17) is 4.74 Å². The number of hydrogen-bond acceptors (Lipinski definition) is 3. The Kier molecular flexibility index (Phi) is 6.96. The topological polar surface area (TPSA) is 41.6 Å². The second kappa shape index (κ2) is 9.63. The van der Waals surface area contributed by atoms with E-state index in [1.165, 1.54) is 29.7 Å². The molecule has 0 radical (unpaired) electrons. The summed E-state index contributed by atoms with van der Waals surface area (Å²) in [6.45, 7) is 8.63. The normalized spacial score (nSPS) is 14.1. The third-order valence-electron chi connectivity index (χ3n) is 5.56. The van der Waals surface area contributed by atoms with Crippen LogP contribution in [-0.2, 0) is 24.2 Å². The van der Waals surface area contributed by atoms with Gasteiger partial charge < -0.3 is 15.0 Å². The molecule has 4 heteroatoms. The lowest BCUT2D eigenvalue weighted by Gasteiger charge is -2.22. The Balaban J connectivity index is 1.55. The van der Waals surface area contributed by atoms with Crippen LogP contribution < -0.4 is 15.0 Å². The van der Waals surface area contributed by atoms with Gasteiger partial charge in [0.25, 0.3) is 5.91 Å². The van der Waals surface area contributed by atoms with Gasteiger partial charge in [-0.15, -0.1) is 0 Å². The van der Waals surface area contributed by atoms with Crippen molar-refractivity contribution in [2.45, 2.75) is 59.1 Å². The number of amides is 1. The SMILES string of the molecule is CCN(CC)c1ccc(CNC(=O)C(C)Oc2cccc3c2CCCC3)cc1. The zero-order chi connectivity index (χ0) is 19.9. The molecule has 2 aromatic carbocycles. The van der Waals surface area contributed by atoms with Crippen LogP contribution in [0.5, 0.6) is 5.75 Å². The Morgan fingerprint density at radius 3 is 2.50 bits per heavy atom. The van der Waals surface area contributed by atoms with Crippen molar-refractivity contribution in [3.8, 4) is 5.75 Å². The molecule has 1 aliphatic rings. The summed E-state index contributed by atoms with van der Waals surface area (Å²) in [5.41, 5.74) is 4.95. The molecule has 1 atom stereocenters. The van der Waals surface area contributed by atoms with Crippen LogP contribution in [-0.4, -0.2) is 25.1 Å². The number of fused-ring (bicyclic) bond motifs is 1. The Bertz CT molecular complexity index is 782. The summed E-state index contributed by atoms with van der Waals surface area (Å²) in [7, 11) is 0. The van der Waals surface area contributed by atoms with Crippen molar-refractivity contribution in [3.05, 3.63) is 59.2 Å². The van der Waals surface area contributed by atoms with E-state index < -0.39 is 6.10 Å². The highest BCUT2D eigenvalue weighted by Gasteiger charge is 2.19. The van der Waals surface area contributed by atoms with Crippen molar-refractivity contribution < 1.29 is 9.53 Å². The molecule has 2 aromatic rings. The average Bonchev–Trinajstić information content (AvgIpc) is 2.74. The first-order valence-corrected chi connectivity index (χ1v) is 10.5. The van der Waals surface area contributed by atoms with Gasteiger partial charge in [-0.1, -0.05) is 24.3 Å². The van der Waals surface area contributed by atoms with E-state index in [0.717, 1.165) is 37.2 Å². The monoisotopic (exact) mass is 380 g/mol. The van der Waals surface area contributed by atoms with Gasteiger partial charge in [0, 0.05) is 25.3 Å². The summed E-state index contributed by atoms with van der Waals surface area (Å²) in [6.07, 6.45) is 4.06. The number of aryl methyl sites for hydroxylation is 1. The van der Waals surface area contributed by atoms with Crippen LogP contribution in [0.3, 0.4) is 0 Å². The van der Waals surface area contributed by atoms with Gasteiger partial charge >= 0.3 is 0 Å². The van der Waals surface area contributed by atoms with Gasteiger partial charge in [-0.3, -0.25) is 4.79 Å². The fourth-order valence-corrected chi connectivity index (χ4v) is 3.85. The van der Waals surface area contributed by atoms with Gasteiger partial charge in [-0.25, -0.2) is 0 Å². The molecule has 0 saturated carbocycles. The van der Waals surface area contributed by atoms with Gasteiger partial charge in [0.1, 0.15) is 5.75 Å². The number of ether oxygens (including phenoxy) is 1. The number of nitrogens with zero attached hydrogens (tertiary/aromatic N) is 1. The second-order valence-corrected chi connectivity index (χ2v) is 7.42. The first-order chi connectivity index (χ1) is 13.6. The van der Waals surface area contributed by atoms with Crippen molar-refractivity contribution >= 4 is 11.6 Å². The Hall–Kier alpha value is -2.49. The van der Waals surface area contributed by atoms with Crippen LogP contribution in [0.2, 0.25) is 0 Å². The van der Waals surface area contributed by atoms with Crippen molar-refractivity contribution in [3.63, 3.8) is 0 Å². The van der Waals surface area contributed by atoms with Crippen molar-refractivity contribution in [1.82, 2.24) is 5.32 Å². The van der Waals surface area contributed by atoms with Gasteiger partial charge in [0.05, 0.1) is 0 Å². The van der Waals surface area contributed by atoms with E-state index in [-0.39, 0.29) is 5.91 Å². The maximum atomic E-state index is 12.5. The van der Waals surface area contributed by atoms with E-state index in [2.05, 4.69) is 54.4 Å². The molecular weight excluding hydrogens is 348 g/mol. The summed E-state index contributed by atoms with van der Waals surface area (Å²) < 4.78 is 6.02. The zero-order valence-electron chi connectivity index (χ0n) is 17.3. The molecule has 0 bridgehead atoms. The third-order valence-corrected chi connectivity index (χ3v) is 5.56. The van der Waals surface area contributed by atoms with Gasteiger partial charge in [-0.2, -0.15) is 0 Å². The van der Waals surface area contributed by atoms with Crippen molar-refractivity contribution in [1.29, 1.82) is 0 Å². The maximum Gasteiger partial charge on any atom is 0.261 e. The second-order valence-electron chi connectivity index (χ2n) is 7.42. The number of carbonyl (C=O) groups is 1. The van der Waals surface area contributed by atoms with Crippen molar-refractivity contribution in [2.24, 2.45) is 0 Å². The highest BCUT2D eigenvalue weighted by atomic mass is 16.5. The number of nitrogens with one attached hydrogen (secondary N) is 1. The van der Waals surface area contributed by atoms with Gasteiger partial charge in [-0.05, 0) is 81.3 Å². The fraction of sp³-hybridized carbons (Fsp3) is 0.458. The summed E-state index contributed by atoms with van der Waals surface area (Å²) in [5, 5.41) is 3.00. The maximum absolute atomic E-state index is 12.5. The molecule has 3 rings (SSSR count). The molecule has 0 saturated heterocycles. The standard InChI is InChI=1S/C24H32N2O2/c1-4-26(5-2)21-15-13-19(14-16-21)17-25-24(27)18(3)28-23-12-8-10-20-9-6-7-11-22(20)23/h8,10,12-16,18H,4-7,9,11,17H2,1-3H3,(H,25,27). The molecule has 0 fully saturated rings. The lowest BCUT2D eigenvalue weighted by molar-refractivity contribution is -0.127. The molecule has 4 nitrogen and oxygen atoms in total. The number of anilines is 1. The minimum Gasteiger partial charge on any atom is -0.481 e. The quantitative estimate of drug-likeness (QED) is 0.733. The fourth-order valence-electron chi connectivity index (χ4n) is 3.85. The molecule has 1 N–H and O–H groups in total. The molecule has 28 heavy (non-hydrogen) atoms. The predicted molar refractivity (Wildman–Crippen MR) is 115 cm³/mol. The van der Waals surface area contributed by atoms with Crippen LogP contribution in [0, 0.1) is 0 Å². The van der Waals surface area contributed by atoms with E-state index in [9.17, 15) is 4.79 Å². The molecule has 1 unspecified atom stereocenters. The lowest BCUT2D eigenvalue weighted by Crippen LogP contribution is -2.36. The molecule has 0 spiro atoms. The average molecular weight is 381 g/mol. The first kappa shape index (κ1) is 20.2. The molecule has 1 aliphatic carbocycles. The number of benzene rings is 2. The summed E-state index contributed by atoms with van der Waals surface area (Å²) in [6, 6.07) is 14.6. The van der Waals surface area contributed by atoms with E-state index >= 15 is 0 Å². The summed E-state index contributed by atoms with van der Waals surface area (Å²) in [5.74, 6) is 0.782. The lowest BCUT2D eigenvalue weighted by atomic mass is 9.91. The van der Waals surface area contributed by atoms with Gasteiger partial charge in [0.2, 0.25) is 0 Å². The van der Waals surface area contributed by atoms with Crippen LogP contribution in [0.1, 0.15) is 50.3 Å². The van der Waals surface area contributed by atoms with Crippen LogP contribution >= 0.6 is 0 Å². The van der Waals surface area contributed by atoms with Crippen LogP contribution in [0.25, 0.3) is 0 Å². The third kappa shape index (κ3) is 4.86. The van der Waals surface area contributed by atoms with Crippen LogP contribution in [0.15, 0.2) is 42.5 Å². The molecule has 0 heterocycles. The smallest absolute Gasteiger partial charge is 0.261 e.